The summed E-state index contributed by atoms with van der Waals surface area (Å²) in [6.45, 7) is 7.16. The summed E-state index contributed by atoms with van der Waals surface area (Å²) in [5.74, 6) is -1.42. The van der Waals surface area contributed by atoms with Crippen LogP contribution >= 0.6 is 15.6 Å². The van der Waals surface area contributed by atoms with Crippen LogP contribution in [0, 0.1) is 5.92 Å². The molecule has 0 saturated carbocycles. The quantitative estimate of drug-likeness (QED) is 0.0169. The zero-order chi connectivity index (χ0) is 67.0. The van der Waals surface area contributed by atoms with Gasteiger partial charge in [0.15, 0.2) is 12.2 Å². The van der Waals surface area contributed by atoms with Crippen molar-refractivity contribution < 1.29 is 80.2 Å². The number of unbranched alkanes of at least 4 members (excludes halogenated alkanes) is 39. The molecule has 0 aromatic rings. The van der Waals surface area contributed by atoms with Crippen LogP contribution in [0.1, 0.15) is 349 Å². The van der Waals surface area contributed by atoms with E-state index in [1.165, 1.54) is 161 Å². The number of allylic oxidation sites excluding steroid dienone is 4. The molecule has 91 heavy (non-hydrogen) atoms. The van der Waals surface area contributed by atoms with E-state index in [0.717, 1.165) is 109 Å². The van der Waals surface area contributed by atoms with E-state index in [0.29, 0.717) is 25.7 Å². The fourth-order valence-corrected chi connectivity index (χ4v) is 12.0. The van der Waals surface area contributed by atoms with Gasteiger partial charge in [-0.2, -0.15) is 0 Å². The van der Waals surface area contributed by atoms with Crippen LogP contribution in [0.25, 0.3) is 0 Å². The Labute approximate surface area is 554 Å². The molecule has 0 aliphatic rings. The van der Waals surface area contributed by atoms with Crippen molar-refractivity contribution in [2.75, 3.05) is 39.6 Å². The molecule has 2 unspecified atom stereocenters. The van der Waals surface area contributed by atoms with Crippen molar-refractivity contribution in [3.8, 4) is 0 Å². The van der Waals surface area contributed by atoms with E-state index in [4.69, 9.17) is 37.0 Å². The van der Waals surface area contributed by atoms with E-state index < -0.39 is 97.5 Å². The van der Waals surface area contributed by atoms with E-state index >= 15 is 0 Å². The summed E-state index contributed by atoms with van der Waals surface area (Å²) in [4.78, 5) is 72.6. The van der Waals surface area contributed by atoms with Crippen molar-refractivity contribution in [3.05, 3.63) is 24.3 Å². The van der Waals surface area contributed by atoms with Crippen molar-refractivity contribution in [1.29, 1.82) is 0 Å². The van der Waals surface area contributed by atoms with Crippen LogP contribution < -0.4 is 0 Å². The zero-order valence-corrected chi connectivity index (χ0v) is 60.3. The number of carbonyl (C=O) groups is 4. The molecular weight excluding hydrogens is 1200 g/mol. The molecule has 0 amide bonds. The minimum Gasteiger partial charge on any atom is -0.462 e. The Morgan fingerprint density at radius 1 is 0.341 bits per heavy atom. The number of aliphatic hydroxyl groups excluding tert-OH is 1. The Bertz CT molecular complexity index is 1850. The summed E-state index contributed by atoms with van der Waals surface area (Å²) < 4.78 is 68.3. The molecule has 0 rings (SSSR count). The second-order valence-electron chi connectivity index (χ2n) is 25.8. The smallest absolute Gasteiger partial charge is 0.462 e. The van der Waals surface area contributed by atoms with Gasteiger partial charge in [-0.25, -0.2) is 9.13 Å². The minimum absolute atomic E-state index is 0.0856. The predicted molar refractivity (Wildman–Crippen MR) is 368 cm³/mol. The number of phosphoric acid groups is 2. The van der Waals surface area contributed by atoms with Gasteiger partial charge in [0.05, 0.1) is 26.4 Å². The van der Waals surface area contributed by atoms with Crippen LogP contribution in [0.15, 0.2) is 24.3 Å². The number of hydrogen-bond acceptors (Lipinski definition) is 15. The van der Waals surface area contributed by atoms with Gasteiger partial charge in [-0.3, -0.25) is 37.3 Å². The third-order valence-corrected chi connectivity index (χ3v) is 18.1. The van der Waals surface area contributed by atoms with E-state index in [1.54, 1.807) is 0 Å². The van der Waals surface area contributed by atoms with Crippen molar-refractivity contribution in [1.82, 2.24) is 0 Å². The first-order chi connectivity index (χ1) is 44.0. The average Bonchev–Trinajstić information content (AvgIpc) is 3.74. The molecule has 0 saturated heterocycles. The third kappa shape index (κ3) is 66.0. The van der Waals surface area contributed by atoms with Gasteiger partial charge >= 0.3 is 39.5 Å². The standard InChI is InChI=1S/C72H136O17P2/c1-6-9-12-15-18-21-23-25-27-29-31-36-41-46-51-56-70(75)83-62-68(88-71(76)57-52-47-42-37-32-30-28-26-24-22-19-16-13-10-7-2)64-87-91(80,81)85-60-66(73)59-84-90(78,79)86-63-67(61-82-69(74)55-50-45-40-34-20-17-14-11-8-3)89-72(77)58-53-48-43-38-33-35-39-44-49-54-65(4)5/h22,24,26,28,65-68,73H,6-21,23,25,27,29-64H2,1-5H3,(H,78,79)(H,80,81)/b24-22-,28-26-/t66-,67+,68+/m0/s1. The first kappa shape index (κ1) is 88.5. The second-order valence-corrected chi connectivity index (χ2v) is 28.7. The summed E-state index contributed by atoms with van der Waals surface area (Å²) in [5, 5.41) is 10.6. The zero-order valence-electron chi connectivity index (χ0n) is 58.5. The van der Waals surface area contributed by atoms with Gasteiger partial charge in [-0.15, -0.1) is 0 Å². The second kappa shape index (κ2) is 64.9. The Kier molecular flexibility index (Phi) is 63.1. The lowest BCUT2D eigenvalue weighted by Crippen LogP contribution is -2.30. The minimum atomic E-state index is -4.96. The molecule has 0 spiro atoms. The summed E-state index contributed by atoms with van der Waals surface area (Å²) in [5.41, 5.74) is 0. The highest BCUT2D eigenvalue weighted by Crippen LogP contribution is 2.45. The molecule has 5 atom stereocenters. The third-order valence-electron chi connectivity index (χ3n) is 16.2. The van der Waals surface area contributed by atoms with Crippen LogP contribution in [0.4, 0.5) is 0 Å². The Hall–Kier alpha value is -2.46. The van der Waals surface area contributed by atoms with Gasteiger partial charge in [0, 0.05) is 25.7 Å². The maximum atomic E-state index is 13.0. The molecule has 536 valence electrons. The number of carbonyl (C=O) groups excluding carboxylic acids is 4. The summed E-state index contributed by atoms with van der Waals surface area (Å²) in [7, 11) is -9.91. The fraction of sp³-hybridized carbons (Fsp3) is 0.889. The van der Waals surface area contributed by atoms with Gasteiger partial charge in [0.1, 0.15) is 19.3 Å². The molecule has 0 aromatic heterocycles. The Balaban J connectivity index is 5.27. The van der Waals surface area contributed by atoms with Crippen molar-refractivity contribution in [2.45, 2.75) is 368 Å². The molecule has 0 aliphatic heterocycles. The number of phosphoric ester groups is 2. The lowest BCUT2D eigenvalue weighted by atomic mass is 10.0. The largest absolute Gasteiger partial charge is 0.472 e. The molecule has 0 fully saturated rings. The Morgan fingerprint density at radius 2 is 0.593 bits per heavy atom. The number of rotatable bonds is 70. The van der Waals surface area contributed by atoms with E-state index in [9.17, 15) is 43.2 Å². The molecular formula is C72H136O17P2. The monoisotopic (exact) mass is 1330 g/mol. The van der Waals surface area contributed by atoms with E-state index in [1.807, 2.05) is 0 Å². The van der Waals surface area contributed by atoms with Crippen LogP contribution in [0.5, 0.6) is 0 Å². The summed E-state index contributed by atoms with van der Waals surface area (Å²) in [6.07, 6.45) is 54.9. The highest BCUT2D eigenvalue weighted by molar-refractivity contribution is 7.47. The first-order valence-electron chi connectivity index (χ1n) is 37.0. The molecule has 3 N–H and O–H groups in total. The predicted octanol–water partition coefficient (Wildman–Crippen LogP) is 20.5. The van der Waals surface area contributed by atoms with E-state index in [-0.39, 0.29) is 25.7 Å². The number of hydrogen-bond donors (Lipinski definition) is 3. The van der Waals surface area contributed by atoms with Gasteiger partial charge in [0.25, 0.3) is 0 Å². The lowest BCUT2D eigenvalue weighted by Gasteiger charge is -2.21. The van der Waals surface area contributed by atoms with Crippen molar-refractivity contribution in [3.63, 3.8) is 0 Å². The maximum Gasteiger partial charge on any atom is 0.472 e. The number of esters is 4. The molecule has 0 aromatic carbocycles. The molecule has 0 bridgehead atoms. The SMILES string of the molecule is CCCCCC/C=C\C=C/CCCCCCCC(=O)O[C@H](COC(=O)CCCCCCCCCCCCCCCCC)COP(=O)(O)OC[C@@H](O)COP(=O)(O)OC[C@@H](COC(=O)CCCCCCCCCCC)OC(=O)CCCCCCCCCCCC(C)C. The van der Waals surface area contributed by atoms with Crippen LogP contribution in [-0.4, -0.2) is 96.7 Å². The van der Waals surface area contributed by atoms with Crippen LogP contribution in [0.2, 0.25) is 0 Å². The van der Waals surface area contributed by atoms with Crippen molar-refractivity contribution in [2.24, 2.45) is 5.92 Å². The van der Waals surface area contributed by atoms with Gasteiger partial charge in [-0.1, -0.05) is 296 Å². The maximum absolute atomic E-state index is 13.0. The van der Waals surface area contributed by atoms with E-state index in [2.05, 4.69) is 58.9 Å². The number of ether oxygens (including phenoxy) is 4. The Morgan fingerprint density at radius 3 is 0.901 bits per heavy atom. The van der Waals surface area contributed by atoms with Crippen molar-refractivity contribution >= 4 is 39.5 Å². The van der Waals surface area contributed by atoms with Gasteiger partial charge in [-0.05, 0) is 57.3 Å². The number of aliphatic hydroxyl groups is 1. The topological polar surface area (TPSA) is 237 Å². The van der Waals surface area contributed by atoms with Gasteiger partial charge in [0.2, 0.25) is 0 Å². The fourth-order valence-electron chi connectivity index (χ4n) is 10.5. The molecule has 0 aliphatic carbocycles. The normalized spacial score (nSPS) is 14.2. The lowest BCUT2D eigenvalue weighted by molar-refractivity contribution is -0.161. The summed E-state index contributed by atoms with van der Waals surface area (Å²) in [6, 6.07) is 0. The molecule has 0 radical (unpaired) electrons. The highest BCUT2D eigenvalue weighted by atomic mass is 31.2. The molecule has 17 nitrogen and oxygen atoms in total. The average molecular weight is 1340 g/mol. The highest BCUT2D eigenvalue weighted by Gasteiger charge is 2.30. The molecule has 0 heterocycles. The molecule has 19 heteroatoms. The first-order valence-corrected chi connectivity index (χ1v) is 39.9. The van der Waals surface area contributed by atoms with Crippen LogP contribution in [0.3, 0.4) is 0 Å². The van der Waals surface area contributed by atoms with Crippen LogP contribution in [-0.2, 0) is 65.4 Å². The summed E-state index contributed by atoms with van der Waals surface area (Å²) >= 11 is 0. The van der Waals surface area contributed by atoms with Gasteiger partial charge < -0.3 is 33.8 Å².